The molecule has 3 atom stereocenters. The van der Waals surface area contributed by atoms with E-state index in [0.29, 0.717) is 36.0 Å². The summed E-state index contributed by atoms with van der Waals surface area (Å²) >= 11 is 0. The Bertz CT molecular complexity index is 376. The largest absolute Gasteiger partial charge is 0.337 e. The Morgan fingerprint density at radius 3 is 2.30 bits per heavy atom. The summed E-state index contributed by atoms with van der Waals surface area (Å²) in [5.41, 5.74) is 0. The van der Waals surface area contributed by atoms with Gasteiger partial charge in [-0.2, -0.15) is 0 Å². The number of carbonyl (C=O) groups excluding carboxylic acids is 1. The van der Waals surface area contributed by atoms with Crippen LogP contribution in [0.3, 0.4) is 0 Å². The zero-order valence-corrected chi connectivity index (χ0v) is 12.7. The first-order valence-electron chi connectivity index (χ1n) is 8.78. The summed E-state index contributed by atoms with van der Waals surface area (Å²) in [6, 6.07) is 2.52. The fourth-order valence-corrected chi connectivity index (χ4v) is 4.62. The lowest BCUT2D eigenvalue weighted by molar-refractivity contribution is -0.135. The second-order valence-corrected chi connectivity index (χ2v) is 7.79. The second kappa shape index (κ2) is 5.01. The number of hydrogen-bond donors (Lipinski definition) is 1. The number of amides is 1. The lowest BCUT2D eigenvalue weighted by Gasteiger charge is -2.33. The molecule has 0 aromatic heterocycles. The highest BCUT2D eigenvalue weighted by atomic mass is 16.2. The first kappa shape index (κ1) is 13.1. The molecule has 1 amide bonds. The van der Waals surface area contributed by atoms with Crippen molar-refractivity contribution in [1.29, 1.82) is 0 Å². The highest BCUT2D eigenvalue weighted by Gasteiger charge is 2.42. The third-order valence-corrected chi connectivity index (χ3v) is 6.01. The van der Waals surface area contributed by atoms with Gasteiger partial charge in [0.25, 0.3) is 0 Å². The van der Waals surface area contributed by atoms with Crippen molar-refractivity contribution >= 4 is 5.91 Å². The Hall–Kier alpha value is -0.570. The van der Waals surface area contributed by atoms with E-state index in [9.17, 15) is 4.79 Å². The van der Waals surface area contributed by atoms with Crippen molar-refractivity contribution in [1.82, 2.24) is 10.2 Å². The first-order valence-corrected chi connectivity index (χ1v) is 8.78. The van der Waals surface area contributed by atoms with Gasteiger partial charge in [-0.3, -0.25) is 4.79 Å². The molecule has 2 aliphatic carbocycles. The van der Waals surface area contributed by atoms with Gasteiger partial charge in [0.05, 0.1) is 0 Å². The number of fused-ring (bicyclic) bond motifs is 2. The van der Waals surface area contributed by atoms with Crippen molar-refractivity contribution in [3.63, 3.8) is 0 Å². The molecule has 4 rings (SSSR count). The maximum Gasteiger partial charge on any atom is 0.223 e. The molecule has 3 unspecified atom stereocenters. The smallest absolute Gasteiger partial charge is 0.223 e. The number of nitrogens with one attached hydrogen (secondary N) is 1. The van der Waals surface area contributed by atoms with Gasteiger partial charge in [0.2, 0.25) is 5.91 Å². The third kappa shape index (κ3) is 2.61. The predicted octanol–water partition coefficient (Wildman–Crippen LogP) is 2.70. The maximum atomic E-state index is 12.8. The molecule has 1 N–H and O–H groups in total. The van der Waals surface area contributed by atoms with E-state index in [0.717, 1.165) is 12.3 Å². The molecule has 2 bridgehead atoms. The summed E-state index contributed by atoms with van der Waals surface area (Å²) in [7, 11) is 0. The topological polar surface area (TPSA) is 32.3 Å². The molecular weight excluding hydrogens is 248 g/mol. The lowest BCUT2D eigenvalue weighted by atomic mass is 9.89. The van der Waals surface area contributed by atoms with Crippen LogP contribution in [0.5, 0.6) is 0 Å². The molecule has 20 heavy (non-hydrogen) atoms. The summed E-state index contributed by atoms with van der Waals surface area (Å²) in [6.07, 6.45) is 11.1. The highest BCUT2D eigenvalue weighted by molar-refractivity contribution is 5.77. The monoisotopic (exact) mass is 276 g/mol. The molecule has 2 aliphatic heterocycles. The Morgan fingerprint density at radius 2 is 1.75 bits per heavy atom. The van der Waals surface area contributed by atoms with Gasteiger partial charge in [0.15, 0.2) is 0 Å². The van der Waals surface area contributed by atoms with E-state index in [-0.39, 0.29) is 0 Å². The van der Waals surface area contributed by atoms with Crippen LogP contribution in [0.25, 0.3) is 0 Å². The summed E-state index contributed by atoms with van der Waals surface area (Å²) < 4.78 is 0. The van der Waals surface area contributed by atoms with Crippen molar-refractivity contribution in [2.75, 3.05) is 0 Å². The van der Waals surface area contributed by atoms with E-state index in [1.165, 1.54) is 51.4 Å². The molecule has 3 nitrogen and oxygen atoms in total. The van der Waals surface area contributed by atoms with E-state index >= 15 is 0 Å². The third-order valence-electron chi connectivity index (χ3n) is 6.01. The van der Waals surface area contributed by atoms with Crippen molar-refractivity contribution in [3.8, 4) is 0 Å². The Labute approximate surface area is 122 Å². The molecule has 3 heteroatoms. The molecule has 2 heterocycles. The Morgan fingerprint density at radius 1 is 1.10 bits per heavy atom. The van der Waals surface area contributed by atoms with Crippen LogP contribution in [-0.2, 0) is 4.79 Å². The molecule has 0 aromatic rings. The van der Waals surface area contributed by atoms with Crippen LogP contribution in [0.15, 0.2) is 0 Å². The normalized spacial score (nSPS) is 37.8. The number of rotatable bonds is 5. The lowest BCUT2D eigenvalue weighted by Crippen LogP contribution is -2.44. The second-order valence-electron chi connectivity index (χ2n) is 7.79. The molecule has 4 fully saturated rings. The zero-order chi connectivity index (χ0) is 13.7. The van der Waals surface area contributed by atoms with Crippen LogP contribution in [0, 0.1) is 11.8 Å². The first-order chi connectivity index (χ1) is 9.70. The molecule has 2 saturated carbocycles. The maximum absolute atomic E-state index is 12.8. The van der Waals surface area contributed by atoms with Crippen molar-refractivity contribution in [3.05, 3.63) is 0 Å². The fourth-order valence-electron chi connectivity index (χ4n) is 4.62. The SMILES string of the molecule is CC(C1CC1)N(C(=O)CC1CC2CCC(C1)N2)C1CC1. The number of carbonyl (C=O) groups is 1. The van der Waals surface area contributed by atoms with Crippen LogP contribution in [0.4, 0.5) is 0 Å². The van der Waals surface area contributed by atoms with Gasteiger partial charge in [-0.15, -0.1) is 0 Å². The summed E-state index contributed by atoms with van der Waals surface area (Å²) in [5, 5.41) is 3.68. The predicted molar refractivity (Wildman–Crippen MR) is 79.3 cm³/mol. The average Bonchev–Trinajstić information content (AvgIpc) is 3.29. The summed E-state index contributed by atoms with van der Waals surface area (Å²) in [5.74, 6) is 1.93. The molecule has 0 spiro atoms. The van der Waals surface area contributed by atoms with Gasteiger partial charge in [0.1, 0.15) is 0 Å². The van der Waals surface area contributed by atoms with Gasteiger partial charge < -0.3 is 10.2 Å². The molecular formula is C17H28N2O. The van der Waals surface area contributed by atoms with Crippen molar-refractivity contribution in [2.24, 2.45) is 11.8 Å². The zero-order valence-electron chi connectivity index (χ0n) is 12.7. The van der Waals surface area contributed by atoms with E-state index in [1.807, 2.05) is 0 Å². The number of hydrogen-bond acceptors (Lipinski definition) is 2. The molecule has 0 aromatic carbocycles. The number of nitrogens with zero attached hydrogens (tertiary/aromatic N) is 1. The summed E-state index contributed by atoms with van der Waals surface area (Å²) in [6.45, 7) is 2.29. The van der Waals surface area contributed by atoms with Crippen molar-refractivity contribution in [2.45, 2.75) is 88.9 Å². The molecule has 0 radical (unpaired) electrons. The van der Waals surface area contributed by atoms with Gasteiger partial charge in [-0.25, -0.2) is 0 Å². The minimum absolute atomic E-state index is 0.471. The standard InChI is InChI=1S/C17H28N2O/c1-11(13-2-3-13)19(16-6-7-16)17(20)10-12-8-14-4-5-15(9-12)18-14/h11-16,18H,2-10H2,1H3. The highest BCUT2D eigenvalue weighted by Crippen LogP contribution is 2.41. The van der Waals surface area contributed by atoms with Gasteiger partial charge in [-0.05, 0) is 70.1 Å². The van der Waals surface area contributed by atoms with Crippen LogP contribution >= 0.6 is 0 Å². The van der Waals surface area contributed by atoms with E-state index in [1.54, 1.807) is 0 Å². The quantitative estimate of drug-likeness (QED) is 0.837. The van der Waals surface area contributed by atoms with Crippen LogP contribution < -0.4 is 5.32 Å². The minimum atomic E-state index is 0.471. The molecule has 4 aliphatic rings. The van der Waals surface area contributed by atoms with Gasteiger partial charge >= 0.3 is 0 Å². The van der Waals surface area contributed by atoms with E-state index < -0.39 is 0 Å². The number of piperidine rings is 1. The summed E-state index contributed by atoms with van der Waals surface area (Å²) in [4.78, 5) is 15.1. The minimum Gasteiger partial charge on any atom is -0.337 e. The van der Waals surface area contributed by atoms with E-state index in [4.69, 9.17) is 0 Å². The average molecular weight is 276 g/mol. The molecule has 2 saturated heterocycles. The van der Waals surface area contributed by atoms with E-state index in [2.05, 4.69) is 17.1 Å². The van der Waals surface area contributed by atoms with Gasteiger partial charge in [-0.1, -0.05) is 0 Å². The van der Waals surface area contributed by atoms with Crippen LogP contribution in [0.2, 0.25) is 0 Å². The fraction of sp³-hybridized carbons (Fsp3) is 0.941. The van der Waals surface area contributed by atoms with Crippen molar-refractivity contribution < 1.29 is 4.79 Å². The van der Waals surface area contributed by atoms with Gasteiger partial charge in [0, 0.05) is 30.6 Å². The molecule has 112 valence electrons. The van der Waals surface area contributed by atoms with Crippen LogP contribution in [0.1, 0.15) is 64.7 Å². The van der Waals surface area contributed by atoms with Crippen LogP contribution in [-0.4, -0.2) is 35.0 Å². The Kier molecular flexibility index (Phi) is 3.29. The Balaban J connectivity index is 1.38.